The third-order valence-electron chi connectivity index (χ3n) is 3.15. The molecule has 0 aliphatic rings. The predicted octanol–water partition coefficient (Wildman–Crippen LogP) is 4.63. The fourth-order valence-electron chi connectivity index (χ4n) is 2.02. The highest BCUT2D eigenvalue weighted by atomic mass is 16.5. The second-order valence-corrected chi connectivity index (χ2v) is 5.47. The number of hydrogen-bond donors (Lipinski definition) is 0. The number of hydrogen-bond acceptors (Lipinski definition) is 5. The Kier molecular flexibility index (Phi) is 10.2. The summed E-state index contributed by atoms with van der Waals surface area (Å²) in [6, 6.07) is 3.68. The van der Waals surface area contributed by atoms with Gasteiger partial charge in [-0.05, 0) is 38.3 Å². The normalized spacial score (nSPS) is 10.7. The van der Waals surface area contributed by atoms with Crippen molar-refractivity contribution in [3.8, 4) is 17.2 Å². The smallest absolute Gasteiger partial charge is 0.330 e. The van der Waals surface area contributed by atoms with E-state index < -0.39 is 0 Å². The van der Waals surface area contributed by atoms with Gasteiger partial charge in [-0.3, -0.25) is 0 Å². The van der Waals surface area contributed by atoms with Gasteiger partial charge in [0.05, 0.1) is 26.4 Å². The Morgan fingerprint density at radius 2 is 1.36 bits per heavy atom. The van der Waals surface area contributed by atoms with Crippen LogP contribution < -0.4 is 14.2 Å². The first-order chi connectivity index (χ1) is 12.2. The molecule has 5 heteroatoms. The molecule has 0 bridgehead atoms. The Bertz CT molecular complexity index is 551. The molecule has 0 heterocycles. The van der Waals surface area contributed by atoms with Crippen molar-refractivity contribution in [2.24, 2.45) is 0 Å². The number of esters is 1. The fourth-order valence-corrected chi connectivity index (χ4v) is 2.02. The molecule has 0 aliphatic carbocycles. The second kappa shape index (κ2) is 12.2. The molecule has 0 fully saturated rings. The van der Waals surface area contributed by atoms with Gasteiger partial charge in [0.2, 0.25) is 0 Å². The van der Waals surface area contributed by atoms with Crippen LogP contribution in [0.2, 0.25) is 0 Å². The summed E-state index contributed by atoms with van der Waals surface area (Å²) in [5.41, 5.74) is 0.761. The standard InChI is InChI=1S/C20H30O5/c1-5-11-23-17-15-19(25-13-7-3)18(24-12-6-2)14-16(17)9-10-20(21)22-8-4/h9-10,14-15H,5-8,11-13H2,1-4H3. The molecule has 0 saturated carbocycles. The molecule has 0 saturated heterocycles. The van der Waals surface area contributed by atoms with E-state index in [2.05, 4.69) is 6.92 Å². The molecule has 0 radical (unpaired) electrons. The molecule has 1 rings (SSSR count). The van der Waals surface area contributed by atoms with Crippen molar-refractivity contribution in [1.29, 1.82) is 0 Å². The van der Waals surface area contributed by atoms with Crippen LogP contribution in [0.25, 0.3) is 6.08 Å². The van der Waals surface area contributed by atoms with E-state index in [0.717, 1.165) is 24.8 Å². The summed E-state index contributed by atoms with van der Waals surface area (Å²) in [6.45, 7) is 10.1. The average Bonchev–Trinajstić information content (AvgIpc) is 2.62. The first-order valence-electron chi connectivity index (χ1n) is 9.07. The van der Waals surface area contributed by atoms with E-state index in [1.54, 1.807) is 13.0 Å². The van der Waals surface area contributed by atoms with E-state index in [9.17, 15) is 4.79 Å². The van der Waals surface area contributed by atoms with Gasteiger partial charge in [-0.15, -0.1) is 0 Å². The van der Waals surface area contributed by atoms with Crippen LogP contribution in [0, 0.1) is 0 Å². The summed E-state index contributed by atoms with van der Waals surface area (Å²) in [4.78, 5) is 11.6. The maximum absolute atomic E-state index is 11.6. The summed E-state index contributed by atoms with van der Waals surface area (Å²) in [7, 11) is 0. The van der Waals surface area contributed by atoms with E-state index in [1.165, 1.54) is 6.08 Å². The Labute approximate surface area is 150 Å². The van der Waals surface area contributed by atoms with Gasteiger partial charge in [-0.1, -0.05) is 20.8 Å². The van der Waals surface area contributed by atoms with Crippen molar-refractivity contribution in [3.05, 3.63) is 23.8 Å². The fraction of sp³-hybridized carbons (Fsp3) is 0.550. The van der Waals surface area contributed by atoms with Crippen molar-refractivity contribution in [2.45, 2.75) is 47.0 Å². The van der Waals surface area contributed by atoms with E-state index in [4.69, 9.17) is 18.9 Å². The highest BCUT2D eigenvalue weighted by molar-refractivity contribution is 5.87. The minimum Gasteiger partial charge on any atom is -0.493 e. The molecule has 0 N–H and O–H groups in total. The van der Waals surface area contributed by atoms with Crippen LogP contribution in [0.1, 0.15) is 52.5 Å². The lowest BCUT2D eigenvalue weighted by atomic mass is 10.1. The van der Waals surface area contributed by atoms with Crippen LogP contribution in [0.15, 0.2) is 18.2 Å². The van der Waals surface area contributed by atoms with E-state index in [0.29, 0.717) is 43.7 Å². The van der Waals surface area contributed by atoms with Crippen LogP contribution in [-0.4, -0.2) is 32.4 Å². The van der Waals surface area contributed by atoms with Crippen LogP contribution in [0.3, 0.4) is 0 Å². The molecule has 0 aliphatic heterocycles. The molecular formula is C20H30O5. The zero-order valence-corrected chi connectivity index (χ0v) is 15.8. The molecule has 5 nitrogen and oxygen atoms in total. The number of benzene rings is 1. The SMILES string of the molecule is CCCOc1cc(OCCC)c(OCCC)cc1C=CC(=O)OCC. The van der Waals surface area contributed by atoms with E-state index in [-0.39, 0.29) is 5.97 Å². The monoisotopic (exact) mass is 350 g/mol. The minimum absolute atomic E-state index is 0.344. The molecule has 0 aromatic heterocycles. The molecule has 0 unspecified atom stereocenters. The Balaban J connectivity index is 3.16. The lowest BCUT2D eigenvalue weighted by Gasteiger charge is -2.16. The molecular weight excluding hydrogens is 320 g/mol. The van der Waals surface area contributed by atoms with E-state index in [1.807, 2.05) is 26.0 Å². The van der Waals surface area contributed by atoms with Crippen LogP contribution in [0.4, 0.5) is 0 Å². The Hall–Kier alpha value is -2.17. The lowest BCUT2D eigenvalue weighted by Crippen LogP contribution is -2.04. The van der Waals surface area contributed by atoms with Gasteiger partial charge in [0.15, 0.2) is 11.5 Å². The molecule has 1 aromatic carbocycles. The lowest BCUT2D eigenvalue weighted by molar-refractivity contribution is -0.137. The van der Waals surface area contributed by atoms with Gasteiger partial charge in [-0.25, -0.2) is 4.79 Å². The van der Waals surface area contributed by atoms with Crippen LogP contribution >= 0.6 is 0 Å². The van der Waals surface area contributed by atoms with Gasteiger partial charge in [0, 0.05) is 17.7 Å². The molecule has 140 valence electrons. The van der Waals surface area contributed by atoms with E-state index >= 15 is 0 Å². The quantitative estimate of drug-likeness (QED) is 0.406. The van der Waals surface area contributed by atoms with Gasteiger partial charge in [-0.2, -0.15) is 0 Å². The van der Waals surface area contributed by atoms with Crippen LogP contribution in [0.5, 0.6) is 17.2 Å². The Morgan fingerprint density at radius 3 is 1.88 bits per heavy atom. The van der Waals surface area contributed by atoms with Crippen molar-refractivity contribution in [1.82, 2.24) is 0 Å². The minimum atomic E-state index is -0.383. The first kappa shape index (κ1) is 20.9. The highest BCUT2D eigenvalue weighted by Crippen LogP contribution is 2.36. The summed E-state index contributed by atoms with van der Waals surface area (Å²) >= 11 is 0. The highest BCUT2D eigenvalue weighted by Gasteiger charge is 2.13. The maximum atomic E-state index is 11.6. The topological polar surface area (TPSA) is 54.0 Å². The summed E-state index contributed by atoms with van der Waals surface area (Å²) in [5, 5.41) is 0. The Morgan fingerprint density at radius 1 is 0.840 bits per heavy atom. The summed E-state index contributed by atoms with van der Waals surface area (Å²) in [6.07, 6.45) is 5.78. The molecule has 25 heavy (non-hydrogen) atoms. The number of carbonyl (C=O) groups excluding carboxylic acids is 1. The average molecular weight is 350 g/mol. The van der Waals surface area contributed by atoms with Crippen molar-refractivity contribution in [3.63, 3.8) is 0 Å². The first-order valence-corrected chi connectivity index (χ1v) is 9.07. The zero-order valence-electron chi connectivity index (χ0n) is 15.8. The molecule has 0 spiro atoms. The number of ether oxygens (including phenoxy) is 4. The van der Waals surface area contributed by atoms with Crippen molar-refractivity contribution >= 4 is 12.0 Å². The molecule has 1 aromatic rings. The predicted molar refractivity (Wildman–Crippen MR) is 99.5 cm³/mol. The third-order valence-corrected chi connectivity index (χ3v) is 3.15. The summed E-state index contributed by atoms with van der Waals surface area (Å²) < 4.78 is 22.4. The maximum Gasteiger partial charge on any atom is 0.330 e. The van der Waals surface area contributed by atoms with Gasteiger partial charge >= 0.3 is 5.97 Å². The number of carbonyl (C=O) groups is 1. The van der Waals surface area contributed by atoms with Gasteiger partial charge in [0.25, 0.3) is 0 Å². The molecule has 0 amide bonds. The van der Waals surface area contributed by atoms with Crippen LogP contribution in [-0.2, 0) is 9.53 Å². The largest absolute Gasteiger partial charge is 0.493 e. The second-order valence-electron chi connectivity index (χ2n) is 5.47. The van der Waals surface area contributed by atoms with Crippen molar-refractivity contribution in [2.75, 3.05) is 26.4 Å². The van der Waals surface area contributed by atoms with Gasteiger partial charge < -0.3 is 18.9 Å². The van der Waals surface area contributed by atoms with Crippen molar-refractivity contribution < 1.29 is 23.7 Å². The molecule has 0 atom stereocenters. The number of rotatable bonds is 12. The van der Waals surface area contributed by atoms with Gasteiger partial charge in [0.1, 0.15) is 5.75 Å². The summed E-state index contributed by atoms with van der Waals surface area (Å²) in [5.74, 6) is 1.60. The third kappa shape index (κ3) is 7.50. The zero-order chi connectivity index (χ0) is 18.5.